The highest BCUT2D eigenvalue weighted by Crippen LogP contribution is 2.39. The first-order valence-electron chi connectivity index (χ1n) is 9.86. The summed E-state index contributed by atoms with van der Waals surface area (Å²) in [7, 11) is -1.68. The van der Waals surface area contributed by atoms with E-state index in [0.29, 0.717) is 23.8 Å². The van der Waals surface area contributed by atoms with Crippen LogP contribution in [0.2, 0.25) is 0 Å². The van der Waals surface area contributed by atoms with Gasteiger partial charge in [0, 0.05) is 12.5 Å². The molecule has 0 radical (unpaired) electrons. The van der Waals surface area contributed by atoms with Gasteiger partial charge in [0.15, 0.2) is 0 Å². The molecule has 1 aliphatic carbocycles. The number of carbonyl (C=O) groups is 2. The third kappa shape index (κ3) is 4.14. The Morgan fingerprint density at radius 3 is 2.47 bits per heavy atom. The molecule has 3 atom stereocenters. The first-order valence-corrected chi connectivity index (χ1v) is 11.0. The molecule has 2 aromatic rings. The van der Waals surface area contributed by atoms with Crippen LogP contribution in [0.5, 0.6) is 0 Å². The minimum atomic E-state index is -4.72. The second-order valence-electron chi connectivity index (χ2n) is 7.80. The number of halogens is 4. The van der Waals surface area contributed by atoms with Gasteiger partial charge < -0.3 is 5.32 Å². The zero-order valence-electron chi connectivity index (χ0n) is 16.6. The summed E-state index contributed by atoms with van der Waals surface area (Å²) in [6.07, 6.45) is -2.82. The van der Waals surface area contributed by atoms with Crippen LogP contribution in [-0.2, 0) is 22.0 Å². The molecule has 0 aromatic heterocycles. The number of benzene rings is 2. The van der Waals surface area contributed by atoms with Crippen LogP contribution >= 0.6 is 0 Å². The van der Waals surface area contributed by atoms with Crippen LogP contribution in [0, 0.1) is 11.7 Å². The van der Waals surface area contributed by atoms with Crippen molar-refractivity contribution in [3.63, 3.8) is 0 Å². The van der Waals surface area contributed by atoms with Crippen molar-refractivity contribution in [3.05, 3.63) is 53.8 Å². The van der Waals surface area contributed by atoms with Crippen molar-refractivity contribution in [3.8, 4) is 11.1 Å². The molecule has 170 valence electrons. The van der Waals surface area contributed by atoms with Gasteiger partial charge in [0.1, 0.15) is 22.3 Å². The molecule has 4 rings (SSSR count). The molecule has 6 nitrogen and oxygen atoms in total. The van der Waals surface area contributed by atoms with Crippen molar-refractivity contribution in [2.45, 2.75) is 35.9 Å². The molecule has 2 aliphatic rings. The Bertz CT molecular complexity index is 1090. The van der Waals surface area contributed by atoms with Gasteiger partial charge in [0.2, 0.25) is 0 Å². The quantitative estimate of drug-likeness (QED) is 0.463. The number of carbonyl (C=O) groups excluding carboxylic acids is 2. The molecule has 32 heavy (non-hydrogen) atoms. The predicted octanol–water partition coefficient (Wildman–Crippen LogP) is 3.50. The molecule has 3 amide bonds. The minimum absolute atomic E-state index is 0.180. The van der Waals surface area contributed by atoms with E-state index >= 15 is 0 Å². The van der Waals surface area contributed by atoms with Crippen molar-refractivity contribution in [2.75, 3.05) is 6.54 Å². The van der Waals surface area contributed by atoms with Gasteiger partial charge in [-0.1, -0.05) is 24.6 Å². The third-order valence-electron chi connectivity index (χ3n) is 5.92. The highest BCUT2D eigenvalue weighted by molar-refractivity contribution is 7.83. The molecule has 3 unspecified atom stereocenters. The zero-order chi connectivity index (χ0) is 23.1. The number of nitrogens with one attached hydrogen (secondary N) is 3. The fraction of sp³-hybridized carbons (Fsp3) is 0.333. The average Bonchev–Trinajstić information content (AvgIpc) is 3.27. The monoisotopic (exact) mass is 469 g/mol. The lowest BCUT2D eigenvalue weighted by atomic mass is 9.87. The Morgan fingerprint density at radius 2 is 1.84 bits per heavy atom. The van der Waals surface area contributed by atoms with E-state index in [1.165, 1.54) is 24.3 Å². The molecular weight excluding hydrogens is 450 g/mol. The second kappa shape index (κ2) is 8.28. The predicted molar refractivity (Wildman–Crippen MR) is 108 cm³/mol. The standard InChI is InChI=1S/C21H19F4N3O3S/c22-14-5-8-16(17(10-14)21(23,24)25)12-3-6-15(7-4-12)32(31)26-11-13-2-1-9-20(13)18(29)27-19(30)28-20/h3-8,10,13,26H,1-2,9,11H2,(H2,27,28,29,30). The molecule has 11 heteroatoms. The summed E-state index contributed by atoms with van der Waals surface area (Å²) in [4.78, 5) is 24.1. The molecule has 2 fully saturated rings. The lowest BCUT2D eigenvalue weighted by Gasteiger charge is -2.28. The molecule has 1 spiro atoms. The van der Waals surface area contributed by atoms with Gasteiger partial charge in [-0.3, -0.25) is 10.1 Å². The molecule has 1 aliphatic heterocycles. The Labute approximate surface area is 183 Å². The summed E-state index contributed by atoms with van der Waals surface area (Å²) in [6, 6.07) is 7.54. The van der Waals surface area contributed by atoms with Gasteiger partial charge in [-0.05, 0) is 48.2 Å². The molecular formula is C21H19F4N3O3S. The molecule has 3 N–H and O–H groups in total. The number of hydrogen-bond donors (Lipinski definition) is 3. The molecule has 1 heterocycles. The largest absolute Gasteiger partial charge is 0.417 e. The van der Waals surface area contributed by atoms with Gasteiger partial charge in [-0.2, -0.15) is 13.2 Å². The van der Waals surface area contributed by atoms with Crippen LogP contribution in [-0.4, -0.2) is 28.2 Å². The maximum absolute atomic E-state index is 13.3. The van der Waals surface area contributed by atoms with Gasteiger partial charge in [0.25, 0.3) is 5.91 Å². The number of imide groups is 1. The normalized spacial score (nSPS) is 23.9. The van der Waals surface area contributed by atoms with E-state index in [-0.39, 0.29) is 29.5 Å². The van der Waals surface area contributed by atoms with Crippen molar-refractivity contribution in [1.29, 1.82) is 0 Å². The Hall–Kier alpha value is -2.79. The van der Waals surface area contributed by atoms with Crippen LogP contribution in [0.25, 0.3) is 11.1 Å². The summed E-state index contributed by atoms with van der Waals surface area (Å²) < 4.78 is 68.6. The number of amides is 3. The lowest BCUT2D eigenvalue weighted by Crippen LogP contribution is -2.52. The first-order chi connectivity index (χ1) is 15.1. The lowest BCUT2D eigenvalue weighted by molar-refractivity contribution is -0.137. The van der Waals surface area contributed by atoms with Gasteiger partial charge >= 0.3 is 12.2 Å². The smallest absolute Gasteiger partial charge is 0.323 e. The first kappa shape index (κ1) is 22.4. The SMILES string of the molecule is O=C1NC(=O)C2(CCCC2CNS(=O)c2ccc(-c3ccc(F)cc3C(F)(F)F)cc2)N1. The van der Waals surface area contributed by atoms with Crippen molar-refractivity contribution >= 4 is 22.9 Å². The van der Waals surface area contributed by atoms with Gasteiger partial charge in [0.05, 0.1) is 10.5 Å². The second-order valence-corrected chi connectivity index (χ2v) is 9.10. The van der Waals surface area contributed by atoms with Crippen molar-refractivity contribution < 1.29 is 31.4 Å². The van der Waals surface area contributed by atoms with E-state index in [0.717, 1.165) is 18.6 Å². The van der Waals surface area contributed by atoms with E-state index < -0.39 is 40.1 Å². The number of hydrogen-bond acceptors (Lipinski definition) is 3. The summed E-state index contributed by atoms with van der Waals surface area (Å²) in [5.74, 6) is -1.62. The maximum atomic E-state index is 13.3. The van der Waals surface area contributed by atoms with E-state index in [2.05, 4.69) is 15.4 Å². The fourth-order valence-corrected chi connectivity index (χ4v) is 5.25. The summed E-state index contributed by atoms with van der Waals surface area (Å²) in [5.41, 5.74) is -2.07. The Balaban J connectivity index is 1.47. The van der Waals surface area contributed by atoms with E-state index in [4.69, 9.17) is 0 Å². The van der Waals surface area contributed by atoms with Crippen LogP contribution in [0.1, 0.15) is 24.8 Å². The molecule has 2 aromatic carbocycles. The number of urea groups is 1. The third-order valence-corrected chi connectivity index (χ3v) is 7.05. The van der Waals surface area contributed by atoms with Crippen LogP contribution in [0.15, 0.2) is 47.4 Å². The van der Waals surface area contributed by atoms with Gasteiger partial charge in [-0.15, -0.1) is 0 Å². The number of rotatable bonds is 5. The van der Waals surface area contributed by atoms with Gasteiger partial charge in [-0.25, -0.2) is 18.1 Å². The molecule has 0 bridgehead atoms. The molecule has 1 saturated carbocycles. The zero-order valence-corrected chi connectivity index (χ0v) is 17.4. The number of alkyl halides is 3. The van der Waals surface area contributed by atoms with E-state index in [1.807, 2.05) is 0 Å². The van der Waals surface area contributed by atoms with E-state index in [9.17, 15) is 31.4 Å². The summed E-state index contributed by atoms with van der Waals surface area (Å²) in [6.45, 7) is 0.207. The average molecular weight is 469 g/mol. The summed E-state index contributed by atoms with van der Waals surface area (Å²) >= 11 is 0. The Morgan fingerprint density at radius 1 is 1.12 bits per heavy atom. The maximum Gasteiger partial charge on any atom is 0.417 e. The Kier molecular flexibility index (Phi) is 5.80. The highest BCUT2D eigenvalue weighted by atomic mass is 32.2. The molecule has 1 saturated heterocycles. The van der Waals surface area contributed by atoms with Crippen LogP contribution < -0.4 is 15.4 Å². The highest BCUT2D eigenvalue weighted by Gasteiger charge is 2.54. The minimum Gasteiger partial charge on any atom is -0.323 e. The fourth-order valence-electron chi connectivity index (χ4n) is 4.34. The van der Waals surface area contributed by atoms with Crippen LogP contribution in [0.3, 0.4) is 0 Å². The van der Waals surface area contributed by atoms with Crippen molar-refractivity contribution in [1.82, 2.24) is 15.4 Å². The summed E-state index contributed by atoms with van der Waals surface area (Å²) in [5, 5.41) is 4.93. The topological polar surface area (TPSA) is 87.3 Å². The van der Waals surface area contributed by atoms with Crippen molar-refractivity contribution in [2.24, 2.45) is 5.92 Å². The van der Waals surface area contributed by atoms with Crippen LogP contribution in [0.4, 0.5) is 22.4 Å². The van der Waals surface area contributed by atoms with E-state index in [1.54, 1.807) is 0 Å².